The molecule has 0 saturated carbocycles. The van der Waals surface area contributed by atoms with E-state index < -0.39 is 17.8 Å². The van der Waals surface area contributed by atoms with E-state index in [1.165, 1.54) is 18.2 Å². The third kappa shape index (κ3) is 4.32. The van der Waals surface area contributed by atoms with Crippen LogP contribution in [0.25, 0.3) is 0 Å². The van der Waals surface area contributed by atoms with Gasteiger partial charge in [-0.25, -0.2) is 4.39 Å². The number of piperazine rings is 1. The summed E-state index contributed by atoms with van der Waals surface area (Å²) in [6, 6.07) is 5.15. The van der Waals surface area contributed by atoms with E-state index >= 15 is 0 Å². The molecule has 1 aliphatic rings. The molecular formula is C18H26FN3O2. The van der Waals surface area contributed by atoms with Crippen molar-refractivity contribution in [2.75, 3.05) is 32.7 Å². The van der Waals surface area contributed by atoms with Crippen LogP contribution in [0.3, 0.4) is 0 Å². The van der Waals surface area contributed by atoms with Crippen LogP contribution in [0.15, 0.2) is 24.3 Å². The number of nitrogens with zero attached hydrogens (tertiary/aromatic N) is 2. The maximum atomic E-state index is 13.8. The Kier molecular flexibility index (Phi) is 6.31. The molecule has 1 aromatic rings. The topological polar surface area (TPSA) is 52.6 Å². The number of hydrogen-bond acceptors (Lipinski definition) is 3. The van der Waals surface area contributed by atoms with Crippen LogP contribution in [0.5, 0.6) is 0 Å². The normalized spacial score (nSPS) is 17.0. The van der Waals surface area contributed by atoms with Gasteiger partial charge in [0.1, 0.15) is 11.9 Å². The zero-order valence-electron chi connectivity index (χ0n) is 14.6. The van der Waals surface area contributed by atoms with Crippen molar-refractivity contribution in [3.63, 3.8) is 0 Å². The highest BCUT2D eigenvalue weighted by molar-refractivity contribution is 5.97. The van der Waals surface area contributed by atoms with Gasteiger partial charge in [-0.2, -0.15) is 0 Å². The van der Waals surface area contributed by atoms with Crippen molar-refractivity contribution >= 4 is 11.8 Å². The van der Waals surface area contributed by atoms with Gasteiger partial charge in [-0.1, -0.05) is 32.9 Å². The van der Waals surface area contributed by atoms with Crippen molar-refractivity contribution in [1.82, 2.24) is 15.1 Å². The third-order valence-electron chi connectivity index (χ3n) is 4.47. The molecule has 6 heteroatoms. The fraction of sp³-hybridized carbons (Fsp3) is 0.556. The Labute approximate surface area is 142 Å². The Hall–Kier alpha value is -1.95. The van der Waals surface area contributed by atoms with Crippen molar-refractivity contribution in [3.8, 4) is 0 Å². The number of halogens is 1. The van der Waals surface area contributed by atoms with Crippen molar-refractivity contribution in [3.05, 3.63) is 35.6 Å². The molecule has 1 saturated heterocycles. The molecule has 2 rings (SSSR count). The van der Waals surface area contributed by atoms with Gasteiger partial charge in [-0.05, 0) is 24.6 Å². The van der Waals surface area contributed by atoms with Gasteiger partial charge >= 0.3 is 0 Å². The van der Waals surface area contributed by atoms with Crippen LogP contribution in [0.4, 0.5) is 4.39 Å². The first-order valence-corrected chi connectivity index (χ1v) is 8.50. The second kappa shape index (κ2) is 8.24. The second-order valence-electron chi connectivity index (χ2n) is 6.43. The van der Waals surface area contributed by atoms with Crippen LogP contribution >= 0.6 is 0 Å². The van der Waals surface area contributed by atoms with E-state index in [-0.39, 0.29) is 17.4 Å². The Morgan fingerprint density at radius 1 is 1.17 bits per heavy atom. The maximum Gasteiger partial charge on any atom is 0.254 e. The molecule has 1 N–H and O–H groups in total. The number of amides is 2. The highest BCUT2D eigenvalue weighted by Crippen LogP contribution is 2.12. The minimum absolute atomic E-state index is 0.0354. The van der Waals surface area contributed by atoms with Gasteiger partial charge in [0.15, 0.2) is 0 Å². The summed E-state index contributed by atoms with van der Waals surface area (Å²) in [7, 11) is 0. The standard InChI is InChI=1S/C18H26FN3O2/c1-4-21-9-11-22(12-10-21)18(24)16(13(2)3)20-17(23)14-7-5-6-8-15(14)19/h5-8,13,16H,4,9-12H2,1-3H3,(H,20,23). The molecule has 5 nitrogen and oxygen atoms in total. The summed E-state index contributed by atoms with van der Waals surface area (Å²) in [5, 5.41) is 2.71. The van der Waals surface area contributed by atoms with Gasteiger partial charge < -0.3 is 15.1 Å². The molecule has 0 aliphatic carbocycles. The van der Waals surface area contributed by atoms with Crippen molar-refractivity contribution < 1.29 is 14.0 Å². The maximum absolute atomic E-state index is 13.8. The van der Waals surface area contributed by atoms with Gasteiger partial charge in [0.25, 0.3) is 5.91 Å². The van der Waals surface area contributed by atoms with Gasteiger partial charge in [-0.15, -0.1) is 0 Å². The summed E-state index contributed by atoms with van der Waals surface area (Å²) < 4.78 is 13.8. The fourth-order valence-electron chi connectivity index (χ4n) is 2.86. The summed E-state index contributed by atoms with van der Waals surface area (Å²) >= 11 is 0. The van der Waals surface area contributed by atoms with Crippen molar-refractivity contribution in [2.24, 2.45) is 5.92 Å². The average Bonchev–Trinajstić information content (AvgIpc) is 2.59. The van der Waals surface area contributed by atoms with E-state index in [1.807, 2.05) is 13.8 Å². The summed E-state index contributed by atoms with van der Waals surface area (Å²) in [5.74, 6) is -1.29. The van der Waals surface area contributed by atoms with Crippen LogP contribution in [0, 0.1) is 11.7 Å². The average molecular weight is 335 g/mol. The smallest absolute Gasteiger partial charge is 0.254 e. The predicted molar refractivity (Wildman–Crippen MR) is 91.2 cm³/mol. The Balaban J connectivity index is 2.05. The number of nitrogens with one attached hydrogen (secondary N) is 1. The lowest BCUT2D eigenvalue weighted by Crippen LogP contribution is -2.56. The summed E-state index contributed by atoms with van der Waals surface area (Å²) in [6.07, 6.45) is 0. The molecule has 0 bridgehead atoms. The van der Waals surface area contributed by atoms with Crippen LogP contribution in [-0.2, 0) is 4.79 Å². The fourth-order valence-corrected chi connectivity index (χ4v) is 2.86. The molecule has 1 unspecified atom stereocenters. The molecule has 0 spiro atoms. The number of benzene rings is 1. The largest absolute Gasteiger partial charge is 0.340 e. The first kappa shape index (κ1) is 18.4. The van der Waals surface area contributed by atoms with Crippen LogP contribution in [0.2, 0.25) is 0 Å². The Morgan fingerprint density at radius 3 is 2.33 bits per heavy atom. The monoisotopic (exact) mass is 335 g/mol. The summed E-state index contributed by atoms with van der Waals surface area (Å²) in [5.41, 5.74) is -0.0354. The number of rotatable bonds is 5. The summed E-state index contributed by atoms with van der Waals surface area (Å²) in [4.78, 5) is 29.2. The number of carbonyl (C=O) groups excluding carboxylic acids is 2. The van der Waals surface area contributed by atoms with E-state index in [4.69, 9.17) is 0 Å². The highest BCUT2D eigenvalue weighted by atomic mass is 19.1. The highest BCUT2D eigenvalue weighted by Gasteiger charge is 2.31. The molecule has 1 aliphatic heterocycles. The Morgan fingerprint density at radius 2 is 1.79 bits per heavy atom. The number of hydrogen-bond donors (Lipinski definition) is 1. The molecule has 0 aromatic heterocycles. The van der Waals surface area contributed by atoms with Crippen LogP contribution < -0.4 is 5.32 Å². The van der Waals surface area contributed by atoms with E-state index in [0.29, 0.717) is 13.1 Å². The lowest BCUT2D eigenvalue weighted by Gasteiger charge is -2.36. The van der Waals surface area contributed by atoms with E-state index in [9.17, 15) is 14.0 Å². The molecule has 1 aromatic carbocycles. The zero-order valence-corrected chi connectivity index (χ0v) is 14.6. The second-order valence-corrected chi connectivity index (χ2v) is 6.43. The molecule has 24 heavy (non-hydrogen) atoms. The lowest BCUT2D eigenvalue weighted by molar-refractivity contribution is -0.136. The van der Waals surface area contributed by atoms with Gasteiger partial charge in [0, 0.05) is 26.2 Å². The summed E-state index contributed by atoms with van der Waals surface area (Å²) in [6.45, 7) is 9.83. The number of carbonyl (C=O) groups is 2. The molecule has 132 valence electrons. The minimum atomic E-state index is -0.648. The van der Waals surface area contributed by atoms with Crippen molar-refractivity contribution in [1.29, 1.82) is 0 Å². The van der Waals surface area contributed by atoms with Gasteiger partial charge in [-0.3, -0.25) is 9.59 Å². The molecule has 1 atom stereocenters. The van der Waals surface area contributed by atoms with Crippen LogP contribution in [0.1, 0.15) is 31.1 Å². The zero-order chi connectivity index (χ0) is 17.7. The first-order chi connectivity index (χ1) is 11.4. The third-order valence-corrected chi connectivity index (χ3v) is 4.47. The molecule has 0 radical (unpaired) electrons. The van der Waals surface area contributed by atoms with Gasteiger partial charge in [0.2, 0.25) is 5.91 Å². The first-order valence-electron chi connectivity index (χ1n) is 8.50. The predicted octanol–water partition coefficient (Wildman–Crippen LogP) is 1.74. The van der Waals surface area contributed by atoms with Crippen LogP contribution in [-0.4, -0.2) is 60.4 Å². The molecule has 1 fully saturated rings. The molecule has 2 amide bonds. The molecule has 1 heterocycles. The van der Waals surface area contributed by atoms with Gasteiger partial charge in [0.05, 0.1) is 5.56 Å². The Bertz CT molecular complexity index is 583. The lowest BCUT2D eigenvalue weighted by atomic mass is 10.0. The van der Waals surface area contributed by atoms with E-state index in [0.717, 1.165) is 19.6 Å². The number of likely N-dealkylation sites (N-methyl/N-ethyl adjacent to an activating group) is 1. The SMILES string of the molecule is CCN1CCN(C(=O)C(NC(=O)c2ccccc2F)C(C)C)CC1. The minimum Gasteiger partial charge on any atom is -0.340 e. The quantitative estimate of drug-likeness (QED) is 0.892. The van der Waals surface area contributed by atoms with E-state index in [2.05, 4.69) is 17.1 Å². The van der Waals surface area contributed by atoms with E-state index in [1.54, 1.807) is 11.0 Å². The molecular weight excluding hydrogens is 309 g/mol. The van der Waals surface area contributed by atoms with Crippen molar-refractivity contribution in [2.45, 2.75) is 26.8 Å².